The molecule has 3 N–H and O–H groups in total. The molecule has 1 aliphatic carbocycles. The van der Waals surface area contributed by atoms with Crippen LogP contribution in [-0.4, -0.2) is 16.6 Å². The Morgan fingerprint density at radius 3 is 2.82 bits per heavy atom. The van der Waals surface area contributed by atoms with Crippen molar-refractivity contribution in [1.82, 2.24) is 9.97 Å². The number of nitrogens with one attached hydrogen (secondary N) is 1. The second kappa shape index (κ2) is 5.31. The maximum absolute atomic E-state index is 5.64. The van der Waals surface area contributed by atoms with Crippen LogP contribution in [-0.2, 0) is 0 Å². The molecule has 0 bridgehead atoms. The maximum Gasteiger partial charge on any atom is 0.218 e. The van der Waals surface area contributed by atoms with E-state index in [-0.39, 0.29) is 5.92 Å². The third kappa shape index (κ3) is 3.56. The Morgan fingerprint density at radius 1 is 1.47 bits per heavy atom. The number of nitrogens with two attached hydrogens (primary N) is 1. The van der Waals surface area contributed by atoms with E-state index in [0.29, 0.717) is 11.7 Å². The summed E-state index contributed by atoms with van der Waals surface area (Å²) in [6.07, 6.45) is 3.81. The summed E-state index contributed by atoms with van der Waals surface area (Å²) in [6.45, 7) is 4.82. The van der Waals surface area contributed by atoms with Crippen molar-refractivity contribution in [2.45, 2.75) is 39.0 Å². The summed E-state index contributed by atoms with van der Waals surface area (Å²) in [4.78, 5) is 8.65. The van der Waals surface area contributed by atoms with Crippen molar-refractivity contribution < 1.29 is 4.74 Å². The van der Waals surface area contributed by atoms with Crippen LogP contribution in [0.3, 0.4) is 0 Å². The number of ether oxygens (including phenoxy) is 1. The summed E-state index contributed by atoms with van der Waals surface area (Å²) < 4.78 is 5.64. The van der Waals surface area contributed by atoms with Crippen molar-refractivity contribution in [2.75, 3.05) is 12.0 Å². The Labute approximate surface area is 102 Å². The van der Waals surface area contributed by atoms with E-state index in [0.717, 1.165) is 24.8 Å². The average molecular weight is 236 g/mol. The first kappa shape index (κ1) is 12.1. The molecule has 0 aliphatic heterocycles. The lowest BCUT2D eigenvalue weighted by Gasteiger charge is -2.10. The van der Waals surface area contributed by atoms with E-state index in [2.05, 4.69) is 15.4 Å². The topological polar surface area (TPSA) is 73.1 Å². The molecular formula is C12H20N4O. The van der Waals surface area contributed by atoms with Crippen LogP contribution in [0.25, 0.3) is 0 Å². The zero-order valence-corrected chi connectivity index (χ0v) is 10.4. The molecule has 1 heterocycles. The van der Waals surface area contributed by atoms with Crippen LogP contribution in [0.4, 0.5) is 5.82 Å². The van der Waals surface area contributed by atoms with Crippen molar-refractivity contribution in [1.29, 1.82) is 0 Å². The second-order valence-electron chi connectivity index (χ2n) is 4.83. The highest BCUT2D eigenvalue weighted by atomic mass is 16.5. The van der Waals surface area contributed by atoms with Gasteiger partial charge in [0.2, 0.25) is 5.88 Å². The van der Waals surface area contributed by atoms with Gasteiger partial charge in [-0.25, -0.2) is 10.8 Å². The van der Waals surface area contributed by atoms with Gasteiger partial charge in [0.25, 0.3) is 0 Å². The molecule has 17 heavy (non-hydrogen) atoms. The first-order chi connectivity index (χ1) is 8.19. The predicted molar refractivity (Wildman–Crippen MR) is 66.8 cm³/mol. The van der Waals surface area contributed by atoms with E-state index >= 15 is 0 Å². The first-order valence-corrected chi connectivity index (χ1v) is 6.17. The van der Waals surface area contributed by atoms with Crippen LogP contribution >= 0.6 is 0 Å². The van der Waals surface area contributed by atoms with Gasteiger partial charge in [0.05, 0.1) is 6.61 Å². The minimum Gasteiger partial charge on any atom is -0.478 e. The second-order valence-corrected chi connectivity index (χ2v) is 4.83. The van der Waals surface area contributed by atoms with Gasteiger partial charge in [-0.3, -0.25) is 0 Å². The van der Waals surface area contributed by atoms with Gasteiger partial charge < -0.3 is 10.2 Å². The first-order valence-electron chi connectivity index (χ1n) is 6.17. The van der Waals surface area contributed by atoms with Gasteiger partial charge in [0, 0.05) is 12.0 Å². The summed E-state index contributed by atoms with van der Waals surface area (Å²) in [5, 5.41) is 0. The molecule has 0 unspecified atom stereocenters. The fourth-order valence-electron chi connectivity index (χ4n) is 1.59. The zero-order valence-electron chi connectivity index (χ0n) is 10.4. The van der Waals surface area contributed by atoms with Gasteiger partial charge in [-0.2, -0.15) is 4.98 Å². The molecule has 1 aromatic heterocycles. The van der Waals surface area contributed by atoms with Gasteiger partial charge in [-0.05, 0) is 12.3 Å². The molecule has 0 saturated heterocycles. The molecule has 94 valence electrons. The number of aromatic nitrogens is 2. The Kier molecular flexibility index (Phi) is 3.78. The number of anilines is 1. The molecule has 0 aromatic carbocycles. The zero-order chi connectivity index (χ0) is 12.3. The van der Waals surface area contributed by atoms with Crippen LogP contribution < -0.4 is 16.0 Å². The van der Waals surface area contributed by atoms with E-state index in [1.165, 1.54) is 12.8 Å². The Balaban J connectivity index is 2.00. The van der Waals surface area contributed by atoms with Gasteiger partial charge >= 0.3 is 0 Å². The highest BCUT2D eigenvalue weighted by Crippen LogP contribution is 2.32. The van der Waals surface area contributed by atoms with Crippen molar-refractivity contribution in [3.05, 3.63) is 11.9 Å². The van der Waals surface area contributed by atoms with Gasteiger partial charge in [0.1, 0.15) is 11.6 Å². The fraction of sp³-hybridized carbons (Fsp3) is 0.667. The Hall–Kier alpha value is -1.36. The molecule has 1 aliphatic rings. The third-order valence-electron chi connectivity index (χ3n) is 2.86. The lowest BCUT2D eigenvalue weighted by Crippen LogP contribution is -2.12. The highest BCUT2D eigenvalue weighted by Gasteiger charge is 2.20. The molecule has 0 spiro atoms. The number of nitrogen functional groups attached to an aromatic ring is 1. The number of nitrogens with zero attached hydrogens (tertiary/aromatic N) is 2. The lowest BCUT2D eigenvalue weighted by atomic mass is 10.2. The molecule has 1 saturated carbocycles. The normalized spacial score (nSPS) is 15.1. The molecule has 0 atom stereocenters. The van der Waals surface area contributed by atoms with Crippen LogP contribution in [0.1, 0.15) is 44.9 Å². The standard InChI is InChI=1S/C12H20N4O/c1-8(2)12-14-10(16-13)7-11(15-12)17-6-5-9-3-4-9/h7-9H,3-6,13H2,1-2H3,(H,14,15,16). The molecule has 0 amide bonds. The van der Waals surface area contributed by atoms with Gasteiger partial charge in [-0.1, -0.05) is 26.7 Å². The van der Waals surface area contributed by atoms with Crippen LogP contribution in [0.2, 0.25) is 0 Å². The quantitative estimate of drug-likeness (QED) is 0.584. The van der Waals surface area contributed by atoms with E-state index < -0.39 is 0 Å². The van der Waals surface area contributed by atoms with Crippen LogP contribution in [0.15, 0.2) is 6.07 Å². The van der Waals surface area contributed by atoms with Crippen LogP contribution in [0.5, 0.6) is 5.88 Å². The number of hydrogen-bond acceptors (Lipinski definition) is 5. The predicted octanol–water partition coefficient (Wildman–Crippen LogP) is 2.06. The summed E-state index contributed by atoms with van der Waals surface area (Å²) in [5.41, 5.74) is 2.54. The van der Waals surface area contributed by atoms with Crippen LogP contribution in [0, 0.1) is 5.92 Å². The van der Waals surface area contributed by atoms with E-state index in [4.69, 9.17) is 10.6 Å². The Bertz CT molecular complexity index is 377. The molecule has 1 aromatic rings. The smallest absolute Gasteiger partial charge is 0.218 e. The van der Waals surface area contributed by atoms with E-state index in [1.807, 2.05) is 13.8 Å². The number of hydrogen-bond donors (Lipinski definition) is 2. The minimum absolute atomic E-state index is 0.258. The number of rotatable bonds is 6. The van der Waals surface area contributed by atoms with E-state index in [9.17, 15) is 0 Å². The molecule has 2 rings (SSSR count). The van der Waals surface area contributed by atoms with Gasteiger partial charge in [0.15, 0.2) is 0 Å². The van der Waals surface area contributed by atoms with Crippen molar-refractivity contribution in [2.24, 2.45) is 11.8 Å². The van der Waals surface area contributed by atoms with Crippen molar-refractivity contribution in [3.63, 3.8) is 0 Å². The summed E-state index contributed by atoms with van der Waals surface area (Å²) in [6, 6.07) is 1.73. The fourth-order valence-corrected chi connectivity index (χ4v) is 1.59. The minimum atomic E-state index is 0.258. The largest absolute Gasteiger partial charge is 0.478 e. The Morgan fingerprint density at radius 2 is 2.24 bits per heavy atom. The van der Waals surface area contributed by atoms with Crippen molar-refractivity contribution >= 4 is 5.82 Å². The molecular weight excluding hydrogens is 216 g/mol. The van der Waals surface area contributed by atoms with Gasteiger partial charge in [-0.15, -0.1) is 0 Å². The van der Waals surface area contributed by atoms with Crippen molar-refractivity contribution in [3.8, 4) is 5.88 Å². The molecule has 1 fully saturated rings. The molecule has 5 nitrogen and oxygen atoms in total. The summed E-state index contributed by atoms with van der Waals surface area (Å²) in [5.74, 6) is 8.47. The number of hydrazine groups is 1. The summed E-state index contributed by atoms with van der Waals surface area (Å²) >= 11 is 0. The molecule has 5 heteroatoms. The summed E-state index contributed by atoms with van der Waals surface area (Å²) in [7, 11) is 0. The maximum atomic E-state index is 5.64. The third-order valence-corrected chi connectivity index (χ3v) is 2.86. The SMILES string of the molecule is CC(C)c1nc(NN)cc(OCCC2CC2)n1. The molecule has 0 radical (unpaired) electrons. The van der Waals surface area contributed by atoms with E-state index in [1.54, 1.807) is 6.07 Å². The average Bonchev–Trinajstić information content (AvgIpc) is 3.12. The monoisotopic (exact) mass is 236 g/mol. The highest BCUT2D eigenvalue weighted by molar-refractivity contribution is 5.37. The lowest BCUT2D eigenvalue weighted by molar-refractivity contribution is 0.289.